The van der Waals surface area contributed by atoms with Crippen molar-refractivity contribution >= 4 is 38.4 Å². The van der Waals surface area contributed by atoms with Gasteiger partial charge in [0, 0.05) is 29.6 Å². The number of ether oxygens (including phenoxy) is 2. The van der Waals surface area contributed by atoms with Crippen molar-refractivity contribution in [2.24, 2.45) is 4.99 Å². The molecule has 170 valence electrons. The lowest BCUT2D eigenvalue weighted by Crippen LogP contribution is -2.16. The molecule has 1 amide bonds. The van der Waals surface area contributed by atoms with Crippen molar-refractivity contribution in [2.75, 3.05) is 14.2 Å². The van der Waals surface area contributed by atoms with Gasteiger partial charge < -0.3 is 14.0 Å². The summed E-state index contributed by atoms with van der Waals surface area (Å²) in [6.07, 6.45) is 0. The predicted octanol–water partition coefficient (Wildman–Crippen LogP) is 5.70. The number of pyridine rings is 1. The molecule has 0 aliphatic carbocycles. The first-order valence-electron chi connectivity index (χ1n) is 10.9. The van der Waals surface area contributed by atoms with E-state index in [0.29, 0.717) is 28.4 Å². The maximum absolute atomic E-state index is 13.6. The van der Waals surface area contributed by atoms with Crippen molar-refractivity contribution in [1.29, 1.82) is 0 Å². The second-order valence-electron chi connectivity index (χ2n) is 7.66. The molecule has 2 aromatic heterocycles. The monoisotopic (exact) mass is 469 g/mol. The Kier molecular flexibility index (Phi) is 5.86. The summed E-state index contributed by atoms with van der Waals surface area (Å²) in [5.74, 6) is 0.981. The minimum absolute atomic E-state index is 0.302. The quantitative estimate of drug-likeness (QED) is 0.331. The number of para-hydroxylation sites is 1. The molecule has 0 saturated heterocycles. The highest BCUT2D eigenvalue weighted by molar-refractivity contribution is 7.16. The van der Waals surface area contributed by atoms with Crippen LogP contribution in [0.15, 0.2) is 77.8 Å². The van der Waals surface area contributed by atoms with Gasteiger partial charge in [-0.2, -0.15) is 4.99 Å². The first-order valence-corrected chi connectivity index (χ1v) is 11.7. The molecular formula is C27H23N3O3S. The van der Waals surface area contributed by atoms with E-state index in [0.717, 1.165) is 32.4 Å². The average Bonchev–Trinajstić information content (AvgIpc) is 3.23. The van der Waals surface area contributed by atoms with Gasteiger partial charge in [0.05, 0.1) is 41.2 Å². The molecule has 6 nitrogen and oxygen atoms in total. The minimum atomic E-state index is -0.302. The van der Waals surface area contributed by atoms with Crippen molar-refractivity contribution in [2.45, 2.75) is 13.5 Å². The predicted molar refractivity (Wildman–Crippen MR) is 136 cm³/mol. The molecule has 0 saturated carbocycles. The van der Waals surface area contributed by atoms with Gasteiger partial charge in [-0.15, -0.1) is 0 Å². The van der Waals surface area contributed by atoms with Crippen LogP contribution in [-0.2, 0) is 6.54 Å². The Morgan fingerprint density at radius 1 is 0.971 bits per heavy atom. The van der Waals surface area contributed by atoms with E-state index < -0.39 is 0 Å². The zero-order valence-electron chi connectivity index (χ0n) is 19.1. The van der Waals surface area contributed by atoms with E-state index in [2.05, 4.69) is 4.99 Å². The number of aromatic nitrogens is 2. The molecule has 0 aliphatic rings. The van der Waals surface area contributed by atoms with Crippen LogP contribution in [0.3, 0.4) is 0 Å². The molecule has 7 heteroatoms. The van der Waals surface area contributed by atoms with E-state index in [9.17, 15) is 4.79 Å². The molecular weight excluding hydrogens is 446 g/mol. The number of rotatable bonds is 5. The van der Waals surface area contributed by atoms with Crippen LogP contribution in [0.4, 0.5) is 0 Å². The fraction of sp³-hybridized carbons (Fsp3) is 0.148. The van der Waals surface area contributed by atoms with E-state index in [1.54, 1.807) is 14.2 Å². The zero-order valence-corrected chi connectivity index (χ0v) is 19.9. The van der Waals surface area contributed by atoms with Crippen LogP contribution in [0.2, 0.25) is 0 Å². The smallest absolute Gasteiger partial charge is 0.280 e. The Bertz CT molecular complexity index is 1590. The van der Waals surface area contributed by atoms with Gasteiger partial charge in [-0.25, -0.2) is 4.98 Å². The SMILES string of the molecule is CCn1c(=NC(=O)c2cc(-c3ccccc3)nc3ccccc23)sc2cc(OC)c(OC)cc21. The van der Waals surface area contributed by atoms with E-state index >= 15 is 0 Å². The number of hydrogen-bond donors (Lipinski definition) is 0. The first-order chi connectivity index (χ1) is 16.6. The molecule has 34 heavy (non-hydrogen) atoms. The number of fused-ring (bicyclic) bond motifs is 2. The van der Waals surface area contributed by atoms with Crippen LogP contribution in [0, 0.1) is 0 Å². The van der Waals surface area contributed by atoms with E-state index in [1.807, 2.05) is 84.3 Å². The van der Waals surface area contributed by atoms with Gasteiger partial charge in [0.25, 0.3) is 5.91 Å². The number of amides is 1. The second kappa shape index (κ2) is 9.11. The van der Waals surface area contributed by atoms with Crippen molar-refractivity contribution in [3.63, 3.8) is 0 Å². The summed E-state index contributed by atoms with van der Waals surface area (Å²) in [5.41, 5.74) is 3.93. The fourth-order valence-electron chi connectivity index (χ4n) is 4.04. The molecule has 0 fully saturated rings. The third kappa shape index (κ3) is 3.84. The van der Waals surface area contributed by atoms with Gasteiger partial charge in [0.2, 0.25) is 0 Å². The summed E-state index contributed by atoms with van der Waals surface area (Å²) in [4.78, 5) is 23.5. The molecule has 0 bridgehead atoms. The van der Waals surface area contributed by atoms with Crippen LogP contribution in [-0.4, -0.2) is 29.7 Å². The summed E-state index contributed by atoms with van der Waals surface area (Å²) in [5, 5.41) is 0.781. The minimum Gasteiger partial charge on any atom is -0.493 e. The summed E-state index contributed by atoms with van der Waals surface area (Å²) in [6, 6.07) is 23.2. The first kappa shape index (κ1) is 21.9. The molecule has 5 rings (SSSR count). The number of carbonyl (C=O) groups is 1. The maximum Gasteiger partial charge on any atom is 0.280 e. The highest BCUT2D eigenvalue weighted by atomic mass is 32.1. The Morgan fingerprint density at radius 2 is 1.68 bits per heavy atom. The van der Waals surface area contributed by atoms with Crippen LogP contribution in [0.1, 0.15) is 17.3 Å². The van der Waals surface area contributed by atoms with Crippen LogP contribution in [0.5, 0.6) is 11.5 Å². The van der Waals surface area contributed by atoms with Crippen LogP contribution < -0.4 is 14.3 Å². The molecule has 0 radical (unpaired) electrons. The number of thiazole rings is 1. The standard InChI is InChI=1S/C27H23N3O3S/c1-4-30-22-15-23(32-2)24(33-3)16-25(22)34-27(30)29-26(31)19-14-21(17-10-6-5-7-11-17)28-20-13-9-8-12-18(19)20/h5-16H,4H2,1-3H3. The third-order valence-electron chi connectivity index (χ3n) is 5.72. The van der Waals surface area contributed by atoms with Crippen molar-refractivity contribution in [3.05, 3.63) is 83.2 Å². The highest BCUT2D eigenvalue weighted by Crippen LogP contribution is 2.33. The number of methoxy groups -OCH3 is 2. The van der Waals surface area contributed by atoms with Gasteiger partial charge >= 0.3 is 0 Å². The Morgan fingerprint density at radius 3 is 2.41 bits per heavy atom. The number of carbonyl (C=O) groups excluding carboxylic acids is 1. The number of hydrogen-bond acceptors (Lipinski definition) is 5. The van der Waals surface area contributed by atoms with E-state index in [1.165, 1.54) is 11.3 Å². The largest absolute Gasteiger partial charge is 0.493 e. The summed E-state index contributed by atoms with van der Waals surface area (Å²) < 4.78 is 13.9. The zero-order chi connectivity index (χ0) is 23.7. The van der Waals surface area contributed by atoms with Crippen LogP contribution >= 0.6 is 11.3 Å². The molecule has 2 heterocycles. The summed E-state index contributed by atoms with van der Waals surface area (Å²) >= 11 is 1.45. The van der Waals surface area contributed by atoms with Gasteiger partial charge in [0.15, 0.2) is 16.3 Å². The molecule has 5 aromatic rings. The molecule has 0 spiro atoms. The van der Waals surface area contributed by atoms with Crippen molar-refractivity contribution < 1.29 is 14.3 Å². The van der Waals surface area contributed by atoms with Crippen molar-refractivity contribution in [3.8, 4) is 22.8 Å². The Hall–Kier alpha value is -3.97. The topological polar surface area (TPSA) is 65.7 Å². The lowest BCUT2D eigenvalue weighted by Gasteiger charge is -2.08. The number of nitrogens with zero attached hydrogens (tertiary/aromatic N) is 3. The van der Waals surface area contributed by atoms with Gasteiger partial charge in [-0.3, -0.25) is 4.79 Å². The lowest BCUT2D eigenvalue weighted by molar-refractivity contribution is 0.0999. The third-order valence-corrected chi connectivity index (χ3v) is 6.76. The Balaban J connectivity index is 1.70. The normalized spacial score (nSPS) is 11.8. The molecule has 3 aromatic carbocycles. The van der Waals surface area contributed by atoms with Gasteiger partial charge in [0.1, 0.15) is 0 Å². The summed E-state index contributed by atoms with van der Waals surface area (Å²) in [6.45, 7) is 2.69. The van der Waals surface area contributed by atoms with E-state index in [-0.39, 0.29) is 5.91 Å². The molecule has 0 atom stereocenters. The molecule has 0 N–H and O–H groups in total. The van der Waals surface area contributed by atoms with E-state index in [4.69, 9.17) is 14.5 Å². The summed E-state index contributed by atoms with van der Waals surface area (Å²) in [7, 11) is 3.22. The molecule has 0 aliphatic heterocycles. The Labute approximate surface area is 200 Å². The second-order valence-corrected chi connectivity index (χ2v) is 8.67. The maximum atomic E-state index is 13.6. The fourth-order valence-corrected chi connectivity index (χ4v) is 5.15. The lowest BCUT2D eigenvalue weighted by atomic mass is 10.0. The molecule has 0 unspecified atom stereocenters. The van der Waals surface area contributed by atoms with Gasteiger partial charge in [-0.05, 0) is 19.1 Å². The number of aryl methyl sites for hydroxylation is 1. The highest BCUT2D eigenvalue weighted by Gasteiger charge is 2.16. The van der Waals surface area contributed by atoms with Crippen molar-refractivity contribution in [1.82, 2.24) is 9.55 Å². The average molecular weight is 470 g/mol. The van der Waals surface area contributed by atoms with Gasteiger partial charge in [-0.1, -0.05) is 59.9 Å². The number of benzene rings is 3. The van der Waals surface area contributed by atoms with Crippen LogP contribution in [0.25, 0.3) is 32.4 Å².